The summed E-state index contributed by atoms with van der Waals surface area (Å²) in [7, 11) is 0. The van der Waals surface area contributed by atoms with Gasteiger partial charge in [0.2, 0.25) is 0 Å². The quantitative estimate of drug-likeness (QED) is 0.483. The van der Waals surface area contributed by atoms with Gasteiger partial charge in [-0.15, -0.1) is 0 Å². The number of allylic oxidation sites excluding steroid dienone is 4. The molecule has 1 nitrogen and oxygen atoms in total. The van der Waals surface area contributed by atoms with Crippen molar-refractivity contribution in [2.24, 2.45) is 10.8 Å². The highest BCUT2D eigenvalue weighted by atomic mass is 16.1. The molecule has 0 aromatic heterocycles. The van der Waals surface area contributed by atoms with E-state index in [1.165, 1.54) is 0 Å². The van der Waals surface area contributed by atoms with E-state index in [2.05, 4.69) is 26.8 Å². The van der Waals surface area contributed by atoms with Crippen molar-refractivity contribution in [3.8, 4) is 0 Å². The molecule has 0 aromatic rings. The number of carbonyl (C=O) groups excluding carboxylic acids is 1. The Bertz CT molecular complexity index is 243. The van der Waals surface area contributed by atoms with Crippen molar-refractivity contribution in [3.05, 3.63) is 24.3 Å². The van der Waals surface area contributed by atoms with Crippen molar-refractivity contribution in [2.75, 3.05) is 0 Å². The lowest BCUT2D eigenvalue weighted by Gasteiger charge is -2.13. The maximum Gasteiger partial charge on any atom is 0.160 e. The number of rotatable bonds is 2. The molecule has 0 radical (unpaired) electrons. The van der Waals surface area contributed by atoms with E-state index in [-0.39, 0.29) is 16.6 Å². The molecule has 1 heteroatoms. The Kier molecular flexibility index (Phi) is 4.31. The first-order valence-electron chi connectivity index (χ1n) is 5.03. The van der Waals surface area contributed by atoms with Crippen molar-refractivity contribution in [3.63, 3.8) is 0 Å². The fraction of sp³-hybridized carbons (Fsp3) is 0.615. The van der Waals surface area contributed by atoms with E-state index in [1.54, 1.807) is 6.08 Å². The summed E-state index contributed by atoms with van der Waals surface area (Å²) in [5, 5.41) is 0. The van der Waals surface area contributed by atoms with Gasteiger partial charge in [0.1, 0.15) is 0 Å². The average Bonchev–Trinajstić information content (AvgIpc) is 1.93. The number of ketones is 1. The predicted octanol–water partition coefficient (Wildman–Crippen LogP) is 3.76. The molecule has 0 bridgehead atoms. The van der Waals surface area contributed by atoms with Crippen LogP contribution in [-0.4, -0.2) is 5.78 Å². The Morgan fingerprint density at radius 2 is 1.43 bits per heavy atom. The van der Waals surface area contributed by atoms with Gasteiger partial charge in [-0.1, -0.05) is 59.8 Å². The predicted molar refractivity (Wildman–Crippen MR) is 62.2 cm³/mol. The molecule has 0 saturated carbocycles. The van der Waals surface area contributed by atoms with E-state index in [0.717, 1.165) is 0 Å². The Hall–Kier alpha value is -0.850. The molecular formula is C13H22O. The summed E-state index contributed by atoms with van der Waals surface area (Å²) >= 11 is 0. The smallest absolute Gasteiger partial charge is 0.160 e. The van der Waals surface area contributed by atoms with E-state index in [9.17, 15) is 4.79 Å². The fourth-order valence-electron chi connectivity index (χ4n) is 0.737. The molecule has 0 unspecified atom stereocenters. The largest absolute Gasteiger partial charge is 0.294 e. The minimum atomic E-state index is -0.272. The summed E-state index contributed by atoms with van der Waals surface area (Å²) in [5.74, 6) is 0.163. The van der Waals surface area contributed by atoms with Crippen LogP contribution in [0.4, 0.5) is 0 Å². The topological polar surface area (TPSA) is 17.1 Å². The normalized spacial score (nSPS) is 14.1. The zero-order valence-electron chi connectivity index (χ0n) is 10.2. The zero-order chi connectivity index (χ0) is 11.4. The summed E-state index contributed by atoms with van der Waals surface area (Å²) in [6, 6.07) is 0. The number of hydrogen-bond donors (Lipinski definition) is 0. The lowest BCUT2D eigenvalue weighted by atomic mass is 9.90. The molecule has 0 aliphatic rings. The Morgan fingerprint density at radius 1 is 0.929 bits per heavy atom. The molecule has 80 valence electrons. The molecular weight excluding hydrogens is 172 g/mol. The van der Waals surface area contributed by atoms with Crippen LogP contribution in [0.3, 0.4) is 0 Å². The van der Waals surface area contributed by atoms with Crippen LogP contribution in [0.5, 0.6) is 0 Å². The highest BCUT2D eigenvalue weighted by Gasteiger charge is 2.17. The summed E-state index contributed by atoms with van der Waals surface area (Å²) < 4.78 is 0. The molecule has 0 spiro atoms. The summed E-state index contributed by atoms with van der Waals surface area (Å²) in [5.41, 5.74) is -0.0960. The molecule has 0 heterocycles. The molecule has 0 aromatic carbocycles. The minimum Gasteiger partial charge on any atom is -0.294 e. The van der Waals surface area contributed by atoms with Gasteiger partial charge < -0.3 is 0 Å². The van der Waals surface area contributed by atoms with E-state index in [0.29, 0.717) is 0 Å². The maximum absolute atomic E-state index is 11.5. The molecule has 0 aliphatic heterocycles. The van der Waals surface area contributed by atoms with Crippen LogP contribution < -0.4 is 0 Å². The second kappa shape index (κ2) is 4.59. The van der Waals surface area contributed by atoms with Crippen LogP contribution in [-0.2, 0) is 4.79 Å². The third kappa shape index (κ3) is 6.64. The molecule has 0 aliphatic carbocycles. The third-order valence-corrected chi connectivity index (χ3v) is 1.69. The van der Waals surface area contributed by atoms with Gasteiger partial charge in [0.05, 0.1) is 0 Å². The van der Waals surface area contributed by atoms with Crippen LogP contribution in [0.1, 0.15) is 41.5 Å². The van der Waals surface area contributed by atoms with Gasteiger partial charge >= 0.3 is 0 Å². The standard InChI is InChI=1S/C13H22O/c1-12(2,3)10-8-7-9-11(14)13(4,5)6/h7-10H,1-6H3/b9-7+,10-8+. The van der Waals surface area contributed by atoms with E-state index >= 15 is 0 Å². The van der Waals surface area contributed by atoms with Gasteiger partial charge in [0, 0.05) is 5.41 Å². The second-order valence-corrected chi connectivity index (χ2v) is 5.70. The second-order valence-electron chi connectivity index (χ2n) is 5.70. The highest BCUT2D eigenvalue weighted by Crippen LogP contribution is 2.16. The molecule has 0 saturated heterocycles. The average molecular weight is 194 g/mol. The number of carbonyl (C=O) groups is 1. The van der Waals surface area contributed by atoms with Crippen LogP contribution in [0.25, 0.3) is 0 Å². The molecule has 0 amide bonds. The number of hydrogen-bond acceptors (Lipinski definition) is 1. The van der Waals surface area contributed by atoms with Crippen molar-refractivity contribution in [1.82, 2.24) is 0 Å². The first-order valence-corrected chi connectivity index (χ1v) is 5.03. The first-order chi connectivity index (χ1) is 6.13. The summed E-state index contributed by atoms with van der Waals surface area (Å²) in [6.45, 7) is 12.2. The van der Waals surface area contributed by atoms with Gasteiger partial charge in [-0.2, -0.15) is 0 Å². The maximum atomic E-state index is 11.5. The van der Waals surface area contributed by atoms with E-state index in [4.69, 9.17) is 0 Å². The molecule has 0 N–H and O–H groups in total. The van der Waals surface area contributed by atoms with Crippen LogP contribution in [0.2, 0.25) is 0 Å². The van der Waals surface area contributed by atoms with Crippen molar-refractivity contribution in [2.45, 2.75) is 41.5 Å². The van der Waals surface area contributed by atoms with Crippen molar-refractivity contribution >= 4 is 5.78 Å². The molecule has 0 rings (SSSR count). The van der Waals surface area contributed by atoms with E-state index in [1.807, 2.05) is 32.9 Å². The van der Waals surface area contributed by atoms with Crippen LogP contribution in [0.15, 0.2) is 24.3 Å². The van der Waals surface area contributed by atoms with Crippen molar-refractivity contribution < 1.29 is 4.79 Å². The monoisotopic (exact) mass is 194 g/mol. The SMILES string of the molecule is CC(C)(C)/C=C/C=C/C(=O)C(C)(C)C. The van der Waals surface area contributed by atoms with Gasteiger partial charge in [0.15, 0.2) is 5.78 Å². The third-order valence-electron chi connectivity index (χ3n) is 1.69. The zero-order valence-corrected chi connectivity index (χ0v) is 10.2. The highest BCUT2D eigenvalue weighted by molar-refractivity contribution is 5.94. The summed E-state index contributed by atoms with van der Waals surface area (Å²) in [6.07, 6.45) is 7.48. The molecule has 14 heavy (non-hydrogen) atoms. The van der Waals surface area contributed by atoms with Gasteiger partial charge in [-0.05, 0) is 11.5 Å². The molecule has 0 atom stereocenters. The molecule has 0 fully saturated rings. The first kappa shape index (κ1) is 13.2. The van der Waals surface area contributed by atoms with Gasteiger partial charge in [-0.25, -0.2) is 0 Å². The lowest BCUT2D eigenvalue weighted by molar-refractivity contribution is -0.121. The fourth-order valence-corrected chi connectivity index (χ4v) is 0.737. The van der Waals surface area contributed by atoms with Gasteiger partial charge in [0.25, 0.3) is 0 Å². The van der Waals surface area contributed by atoms with Gasteiger partial charge in [-0.3, -0.25) is 4.79 Å². The van der Waals surface area contributed by atoms with Crippen LogP contribution >= 0.6 is 0 Å². The van der Waals surface area contributed by atoms with Crippen LogP contribution in [0, 0.1) is 10.8 Å². The van der Waals surface area contributed by atoms with Crippen molar-refractivity contribution in [1.29, 1.82) is 0 Å². The Labute approximate surface area is 87.9 Å². The summed E-state index contributed by atoms with van der Waals surface area (Å²) in [4.78, 5) is 11.5. The minimum absolute atomic E-state index is 0.163. The van der Waals surface area contributed by atoms with E-state index < -0.39 is 0 Å². The lowest BCUT2D eigenvalue weighted by Crippen LogP contribution is -2.17. The Morgan fingerprint density at radius 3 is 1.79 bits per heavy atom. The Balaban J connectivity index is 4.22.